The van der Waals surface area contributed by atoms with Gasteiger partial charge >= 0.3 is 41.9 Å². The van der Waals surface area contributed by atoms with Crippen molar-refractivity contribution in [1.82, 2.24) is 0 Å². The summed E-state index contributed by atoms with van der Waals surface area (Å²) in [7, 11) is 0.813. The van der Waals surface area contributed by atoms with E-state index in [9.17, 15) is 8.78 Å². The van der Waals surface area contributed by atoms with Gasteiger partial charge in [0.15, 0.2) is 0 Å². The van der Waals surface area contributed by atoms with Gasteiger partial charge in [0.2, 0.25) is 0 Å². The van der Waals surface area contributed by atoms with Crippen LogP contribution in [0.4, 0.5) is 8.78 Å². The first kappa shape index (κ1) is 25.0. The molecule has 7 heteroatoms. The largest absolute Gasteiger partial charge is 2.00 e. The van der Waals surface area contributed by atoms with Crippen LogP contribution in [-0.4, -0.2) is 23.1 Å². The maximum absolute atomic E-state index is 12.9. The van der Waals surface area contributed by atoms with Gasteiger partial charge in [0.05, 0.1) is 0 Å². The Morgan fingerprint density at radius 2 is 1.11 bits per heavy atom. The molecule has 0 atom stereocenters. The van der Waals surface area contributed by atoms with Gasteiger partial charge in [-0.2, -0.15) is 10.6 Å². The van der Waals surface area contributed by atoms with Crippen LogP contribution in [-0.2, 0) is 0 Å². The minimum Gasteiger partial charge on any atom is -1.00 e. The van der Waals surface area contributed by atoms with Crippen LogP contribution >= 0.6 is 8.58 Å². The average molecular weight is 412 g/mol. The molecular weight excluding hydrogens is 404 g/mol. The fourth-order valence-corrected chi connectivity index (χ4v) is 2.24. The Bertz CT molecular complexity index is 445. The Labute approximate surface area is 162 Å². The topological polar surface area (TPSA) is 0 Å². The second kappa shape index (κ2) is 12.8. The summed E-state index contributed by atoms with van der Waals surface area (Å²) >= 11 is 0. The van der Waals surface area contributed by atoms with E-state index in [0.717, 1.165) is 19.2 Å². The smallest absolute Gasteiger partial charge is 1.00 e. The zero-order chi connectivity index (χ0) is 10.7. The van der Waals surface area contributed by atoms with E-state index in [1.807, 2.05) is 12.1 Å². The monoisotopic (exact) mass is 410 g/mol. The van der Waals surface area contributed by atoms with Crippen molar-refractivity contribution >= 4 is 42.2 Å². The number of halogens is 4. The van der Waals surface area contributed by atoms with Crippen LogP contribution < -0.4 is 63.4 Å². The molecule has 0 aliphatic heterocycles. The van der Waals surface area contributed by atoms with Crippen LogP contribution in [0, 0.1) is 11.6 Å². The molecule has 0 N–H and O–H groups in total. The van der Waals surface area contributed by atoms with E-state index < -0.39 is 0 Å². The first-order valence-electron chi connectivity index (χ1n) is 4.47. The third-order valence-corrected chi connectivity index (χ3v) is 2.95. The van der Waals surface area contributed by atoms with Crippen molar-refractivity contribution in [2.45, 2.75) is 0 Å². The normalized spacial score (nSPS) is 8.11. The molecule has 0 saturated carbocycles. The summed E-state index contributed by atoms with van der Waals surface area (Å²) in [5, 5.41) is 1.64. The average Bonchev–Trinajstić information content (AvgIpc) is 2.17. The van der Waals surface area contributed by atoms with Crippen LogP contribution in [0.3, 0.4) is 0 Å². The maximum atomic E-state index is 12.9. The Morgan fingerprint density at radius 3 is 1.42 bits per heavy atom. The van der Waals surface area contributed by atoms with Crippen molar-refractivity contribution in [2.24, 2.45) is 0 Å². The first-order valence-corrected chi connectivity index (χ1v) is 5.36. The van der Waals surface area contributed by atoms with Gasteiger partial charge in [0, 0.05) is 0 Å². The first-order chi connectivity index (χ1) is 7.24. The van der Waals surface area contributed by atoms with Crippen molar-refractivity contribution in [3.8, 4) is 0 Å². The van der Waals surface area contributed by atoms with Gasteiger partial charge in [-0.05, 0) is 12.1 Å². The Morgan fingerprint density at radius 1 is 0.737 bits per heavy atom. The van der Waals surface area contributed by atoms with Crippen LogP contribution in [0.15, 0.2) is 48.5 Å². The summed E-state index contributed by atoms with van der Waals surface area (Å²) in [6, 6.07) is 12.6. The zero-order valence-corrected chi connectivity index (χ0v) is 15.8. The van der Waals surface area contributed by atoms with Crippen LogP contribution in [0.5, 0.6) is 0 Å². The van der Waals surface area contributed by atoms with Gasteiger partial charge in [0.1, 0.15) is 11.6 Å². The number of benzene rings is 2. The molecule has 0 aliphatic rings. The molecule has 0 amide bonds. The summed E-state index contributed by atoms with van der Waals surface area (Å²) in [6.07, 6.45) is 0. The molecule has 92 valence electrons. The molecule has 2 aromatic carbocycles. The molecule has 0 aromatic heterocycles. The van der Waals surface area contributed by atoms with E-state index in [1.54, 1.807) is 12.1 Å². The molecule has 0 bridgehead atoms. The second-order valence-electron chi connectivity index (χ2n) is 3.07. The van der Waals surface area contributed by atoms with Crippen molar-refractivity contribution in [1.29, 1.82) is 0 Å². The predicted molar refractivity (Wildman–Crippen MR) is 64.7 cm³/mol. The van der Waals surface area contributed by atoms with E-state index in [1.165, 1.54) is 24.3 Å². The van der Waals surface area contributed by atoms with E-state index in [0.29, 0.717) is 0 Å². The molecule has 0 spiro atoms. The molecule has 0 nitrogen and oxygen atoms in total. The fourth-order valence-electron chi connectivity index (χ4n) is 1.24. The molecule has 0 radical (unpaired) electrons. The van der Waals surface area contributed by atoms with Crippen molar-refractivity contribution in [2.75, 3.05) is 0 Å². The van der Waals surface area contributed by atoms with Gasteiger partial charge in [-0.3, -0.25) is 0 Å². The van der Waals surface area contributed by atoms with E-state index in [2.05, 4.69) is 0 Å². The molecule has 0 heterocycles. The predicted octanol–water partition coefficient (Wildman–Crippen LogP) is -6.51. The number of hydrogen-bond donors (Lipinski definition) is 0. The third kappa shape index (κ3) is 8.83. The standard InChI is InChI=1S/C12H8F2P.2BrH.Li.Mg/c13-9-3-1-5-11(7-9)15-12-6-2-4-10(14)8-12;;;;/h1-8H;2*1H;;/q-1;;;+1;+2/p-2. The molecular formula is C12H8Br2F2LiMgP. The van der Waals surface area contributed by atoms with E-state index in [-0.39, 0.29) is 87.5 Å². The van der Waals surface area contributed by atoms with Crippen LogP contribution in [0.1, 0.15) is 0 Å². The molecule has 2 rings (SSSR count). The zero-order valence-electron chi connectivity index (χ0n) is 10.3. The Balaban J connectivity index is -0.000000640. The second-order valence-corrected chi connectivity index (χ2v) is 4.33. The summed E-state index contributed by atoms with van der Waals surface area (Å²) < 4.78 is 25.7. The van der Waals surface area contributed by atoms with Crippen LogP contribution in [0.2, 0.25) is 0 Å². The van der Waals surface area contributed by atoms with E-state index in [4.69, 9.17) is 0 Å². The van der Waals surface area contributed by atoms with Gasteiger partial charge in [-0.15, -0.1) is 0 Å². The third-order valence-electron chi connectivity index (χ3n) is 1.87. The summed E-state index contributed by atoms with van der Waals surface area (Å²) in [5.74, 6) is -0.534. The van der Waals surface area contributed by atoms with Gasteiger partial charge in [-0.25, -0.2) is 8.78 Å². The van der Waals surface area contributed by atoms with E-state index >= 15 is 0 Å². The Hall–Kier alpha value is 1.05. The minimum absolute atomic E-state index is 0. The molecule has 0 saturated heterocycles. The van der Waals surface area contributed by atoms with Crippen molar-refractivity contribution in [3.05, 3.63) is 60.2 Å². The molecule has 19 heavy (non-hydrogen) atoms. The summed E-state index contributed by atoms with van der Waals surface area (Å²) in [5.41, 5.74) is 0. The van der Waals surface area contributed by atoms with Gasteiger partial charge < -0.3 is 42.5 Å². The summed E-state index contributed by atoms with van der Waals surface area (Å²) in [4.78, 5) is 0. The number of hydrogen-bond acceptors (Lipinski definition) is 0. The molecule has 0 aliphatic carbocycles. The maximum Gasteiger partial charge on any atom is 2.00 e. The minimum atomic E-state index is -0.267. The van der Waals surface area contributed by atoms with Gasteiger partial charge in [-0.1, -0.05) is 36.4 Å². The van der Waals surface area contributed by atoms with Crippen molar-refractivity contribution < 1.29 is 61.6 Å². The molecule has 0 unspecified atom stereocenters. The fraction of sp³-hybridized carbons (Fsp3) is 0. The quantitative estimate of drug-likeness (QED) is 0.340. The van der Waals surface area contributed by atoms with Gasteiger partial charge in [0.25, 0.3) is 0 Å². The SMILES string of the molecule is Fc1cccc([P-]c2cccc(F)c2)c1.[Br-].[Br-].[Li+].[Mg+2]. The molecule has 2 aromatic rings. The summed E-state index contributed by atoms with van der Waals surface area (Å²) in [6.45, 7) is 0. The van der Waals surface area contributed by atoms with Crippen LogP contribution in [0.25, 0.3) is 0 Å². The number of rotatable bonds is 2. The molecule has 0 fully saturated rings. The Kier molecular flexibility index (Phi) is 16.8. The van der Waals surface area contributed by atoms with Crippen molar-refractivity contribution in [3.63, 3.8) is 0 Å².